The summed E-state index contributed by atoms with van der Waals surface area (Å²) >= 11 is 5.86. The van der Waals surface area contributed by atoms with Gasteiger partial charge in [0.15, 0.2) is 6.61 Å². The highest BCUT2D eigenvalue weighted by atomic mass is 35.5. The van der Waals surface area contributed by atoms with E-state index in [0.717, 1.165) is 11.8 Å². The van der Waals surface area contributed by atoms with Crippen LogP contribution >= 0.6 is 11.6 Å². The summed E-state index contributed by atoms with van der Waals surface area (Å²) in [5.41, 5.74) is 2.11. The van der Waals surface area contributed by atoms with Gasteiger partial charge in [-0.2, -0.15) is 0 Å². The molecule has 0 unspecified atom stereocenters. The zero-order chi connectivity index (χ0) is 21.1. The summed E-state index contributed by atoms with van der Waals surface area (Å²) in [5.74, 6) is -1.09. The molecule has 8 heteroatoms. The van der Waals surface area contributed by atoms with E-state index in [2.05, 4.69) is 10.3 Å². The maximum atomic E-state index is 12.3. The molecular weight excluding hydrogens is 406 g/mol. The Labute approximate surface area is 177 Å². The van der Waals surface area contributed by atoms with Crippen LogP contribution in [0.2, 0.25) is 5.15 Å². The molecule has 2 aromatic carbocycles. The van der Waals surface area contributed by atoms with E-state index in [4.69, 9.17) is 16.3 Å². The number of ether oxygens (including phenoxy) is 1. The van der Waals surface area contributed by atoms with E-state index in [-0.39, 0.29) is 5.91 Å². The number of rotatable bonds is 5. The number of carbonyl (C=O) groups is 3. The second-order valence-electron chi connectivity index (χ2n) is 6.83. The molecule has 2 amide bonds. The van der Waals surface area contributed by atoms with Crippen LogP contribution in [-0.2, 0) is 14.3 Å². The van der Waals surface area contributed by atoms with Crippen molar-refractivity contribution < 1.29 is 19.1 Å². The maximum Gasteiger partial charge on any atom is 0.338 e. The van der Waals surface area contributed by atoms with E-state index in [1.807, 2.05) is 0 Å². The fourth-order valence-electron chi connectivity index (χ4n) is 3.35. The zero-order valence-corrected chi connectivity index (χ0v) is 16.7. The van der Waals surface area contributed by atoms with Crippen molar-refractivity contribution in [3.63, 3.8) is 0 Å². The Bertz CT molecular complexity index is 1150. The quantitative estimate of drug-likeness (QED) is 0.498. The molecule has 1 aromatic heterocycles. The number of anilines is 2. The molecule has 1 aliphatic heterocycles. The van der Waals surface area contributed by atoms with Crippen molar-refractivity contribution in [1.29, 1.82) is 0 Å². The predicted octanol–water partition coefficient (Wildman–Crippen LogP) is 3.81. The molecule has 1 fully saturated rings. The Morgan fingerprint density at radius 2 is 1.97 bits per heavy atom. The summed E-state index contributed by atoms with van der Waals surface area (Å²) in [6, 6.07) is 15.3. The van der Waals surface area contributed by atoms with Gasteiger partial charge in [0.05, 0.1) is 22.5 Å². The summed E-state index contributed by atoms with van der Waals surface area (Å²) in [6.07, 6.45) is 1.28. The molecule has 1 saturated heterocycles. The Hall–Kier alpha value is -3.45. The molecule has 0 spiro atoms. The number of pyridine rings is 1. The molecule has 152 valence electrons. The second-order valence-corrected chi connectivity index (χ2v) is 7.22. The van der Waals surface area contributed by atoms with Crippen LogP contribution in [0.25, 0.3) is 10.9 Å². The van der Waals surface area contributed by atoms with E-state index in [0.29, 0.717) is 40.6 Å². The minimum absolute atomic E-state index is 0.0233. The van der Waals surface area contributed by atoms with E-state index >= 15 is 0 Å². The predicted molar refractivity (Wildman–Crippen MR) is 114 cm³/mol. The van der Waals surface area contributed by atoms with Gasteiger partial charge in [0.2, 0.25) is 5.91 Å². The van der Waals surface area contributed by atoms with Crippen molar-refractivity contribution in [1.82, 2.24) is 4.98 Å². The molecule has 4 rings (SSSR count). The normalized spacial score (nSPS) is 13.5. The minimum Gasteiger partial charge on any atom is -0.452 e. The van der Waals surface area contributed by atoms with Crippen LogP contribution in [-0.4, -0.2) is 35.9 Å². The number of amides is 2. The Balaban J connectivity index is 1.40. The number of benzene rings is 2. The highest BCUT2D eigenvalue weighted by Crippen LogP contribution is 2.29. The Morgan fingerprint density at radius 3 is 2.77 bits per heavy atom. The SMILES string of the molecule is O=C(COC(=O)c1ccc2nc(Cl)ccc2c1)Nc1ccccc1N1CCCC1=O. The van der Waals surface area contributed by atoms with E-state index in [1.165, 1.54) is 0 Å². The molecular formula is C22H18ClN3O4. The smallest absolute Gasteiger partial charge is 0.338 e. The third-order valence-electron chi connectivity index (χ3n) is 4.77. The van der Waals surface area contributed by atoms with Gasteiger partial charge in [-0.05, 0) is 48.9 Å². The summed E-state index contributed by atoms with van der Waals surface area (Å²) in [5, 5.41) is 3.82. The van der Waals surface area contributed by atoms with E-state index < -0.39 is 18.5 Å². The Kier molecular flexibility index (Phi) is 5.63. The maximum absolute atomic E-state index is 12.3. The number of esters is 1. The molecule has 2 heterocycles. The van der Waals surface area contributed by atoms with Crippen molar-refractivity contribution in [2.75, 3.05) is 23.4 Å². The number of hydrogen-bond acceptors (Lipinski definition) is 5. The van der Waals surface area contributed by atoms with Gasteiger partial charge < -0.3 is 15.0 Å². The number of carbonyl (C=O) groups excluding carboxylic acids is 3. The monoisotopic (exact) mass is 423 g/mol. The fraction of sp³-hybridized carbons (Fsp3) is 0.182. The lowest BCUT2D eigenvalue weighted by Gasteiger charge is -2.19. The molecule has 1 aliphatic rings. The van der Waals surface area contributed by atoms with Crippen LogP contribution in [0.5, 0.6) is 0 Å². The average Bonchev–Trinajstić information content (AvgIpc) is 3.17. The highest BCUT2D eigenvalue weighted by molar-refractivity contribution is 6.29. The van der Waals surface area contributed by atoms with Crippen LogP contribution in [0.4, 0.5) is 11.4 Å². The molecule has 0 saturated carbocycles. The van der Waals surface area contributed by atoms with Crippen LogP contribution in [0.1, 0.15) is 23.2 Å². The van der Waals surface area contributed by atoms with Crippen LogP contribution in [0, 0.1) is 0 Å². The average molecular weight is 424 g/mol. The van der Waals surface area contributed by atoms with Gasteiger partial charge in [0.25, 0.3) is 5.91 Å². The lowest BCUT2D eigenvalue weighted by Crippen LogP contribution is -2.27. The molecule has 7 nitrogen and oxygen atoms in total. The van der Waals surface area contributed by atoms with Crippen LogP contribution in [0.15, 0.2) is 54.6 Å². The number of halogens is 1. The number of fused-ring (bicyclic) bond motifs is 1. The Morgan fingerprint density at radius 1 is 1.13 bits per heavy atom. The summed E-state index contributed by atoms with van der Waals surface area (Å²) in [7, 11) is 0. The molecule has 0 aliphatic carbocycles. The number of nitrogens with zero attached hydrogens (tertiary/aromatic N) is 2. The summed E-state index contributed by atoms with van der Waals surface area (Å²) < 4.78 is 5.14. The van der Waals surface area contributed by atoms with Crippen molar-refractivity contribution in [3.8, 4) is 0 Å². The first-order valence-electron chi connectivity index (χ1n) is 9.44. The van der Waals surface area contributed by atoms with Gasteiger partial charge in [-0.1, -0.05) is 23.7 Å². The second kappa shape index (κ2) is 8.51. The minimum atomic E-state index is -0.620. The van der Waals surface area contributed by atoms with Crippen molar-refractivity contribution in [2.45, 2.75) is 12.8 Å². The molecule has 0 atom stereocenters. The number of hydrogen-bond donors (Lipinski definition) is 1. The van der Waals surface area contributed by atoms with E-state index in [9.17, 15) is 14.4 Å². The molecule has 0 radical (unpaired) electrons. The molecule has 3 aromatic rings. The number of para-hydroxylation sites is 2. The van der Waals surface area contributed by atoms with Crippen molar-refractivity contribution in [2.24, 2.45) is 0 Å². The first-order chi connectivity index (χ1) is 14.5. The largest absolute Gasteiger partial charge is 0.452 e. The first-order valence-corrected chi connectivity index (χ1v) is 9.82. The van der Waals surface area contributed by atoms with Gasteiger partial charge in [-0.3, -0.25) is 9.59 Å². The van der Waals surface area contributed by atoms with Gasteiger partial charge in [-0.15, -0.1) is 0 Å². The van der Waals surface area contributed by atoms with E-state index in [1.54, 1.807) is 59.5 Å². The van der Waals surface area contributed by atoms with Crippen LogP contribution in [0.3, 0.4) is 0 Å². The van der Waals surface area contributed by atoms with Crippen LogP contribution < -0.4 is 10.2 Å². The lowest BCUT2D eigenvalue weighted by atomic mass is 10.1. The van der Waals surface area contributed by atoms with Gasteiger partial charge in [-0.25, -0.2) is 9.78 Å². The molecule has 1 N–H and O–H groups in total. The van der Waals surface area contributed by atoms with Crippen molar-refractivity contribution >= 4 is 51.7 Å². The van der Waals surface area contributed by atoms with Gasteiger partial charge in [0, 0.05) is 18.4 Å². The summed E-state index contributed by atoms with van der Waals surface area (Å²) in [6.45, 7) is 0.167. The third-order valence-corrected chi connectivity index (χ3v) is 4.98. The molecule has 30 heavy (non-hydrogen) atoms. The first kappa shape index (κ1) is 19.8. The van der Waals surface area contributed by atoms with Gasteiger partial charge in [0.1, 0.15) is 5.15 Å². The fourth-order valence-corrected chi connectivity index (χ4v) is 3.50. The van der Waals surface area contributed by atoms with Gasteiger partial charge >= 0.3 is 5.97 Å². The van der Waals surface area contributed by atoms with Crippen molar-refractivity contribution in [3.05, 3.63) is 65.3 Å². The molecule has 0 bridgehead atoms. The number of nitrogens with one attached hydrogen (secondary N) is 1. The lowest BCUT2D eigenvalue weighted by molar-refractivity contribution is -0.119. The third kappa shape index (κ3) is 4.26. The highest BCUT2D eigenvalue weighted by Gasteiger charge is 2.24. The zero-order valence-electron chi connectivity index (χ0n) is 15.9. The topological polar surface area (TPSA) is 88.6 Å². The summed E-state index contributed by atoms with van der Waals surface area (Å²) in [4.78, 5) is 42.5. The standard InChI is InChI=1S/C22H18ClN3O4/c23-19-10-8-14-12-15(7-9-16(14)24-19)22(29)30-13-20(27)25-17-4-1-2-5-18(17)26-11-3-6-21(26)28/h1-2,4-5,7-10,12H,3,6,11,13H2,(H,25,27). The number of aromatic nitrogens is 1.